The zero-order chi connectivity index (χ0) is 26.4. The highest BCUT2D eigenvalue weighted by atomic mass is 16.6. The van der Waals surface area contributed by atoms with Crippen molar-refractivity contribution in [1.29, 1.82) is 0 Å². The smallest absolute Gasteiger partial charge is 0.249 e. The summed E-state index contributed by atoms with van der Waals surface area (Å²) >= 11 is 0. The van der Waals surface area contributed by atoms with E-state index in [0.717, 1.165) is 32.1 Å². The normalized spacial score (nSPS) is 49.6. The van der Waals surface area contributed by atoms with Crippen molar-refractivity contribution in [2.24, 2.45) is 50.2 Å². The summed E-state index contributed by atoms with van der Waals surface area (Å²) in [4.78, 5) is 32.8. The lowest BCUT2D eigenvalue weighted by molar-refractivity contribution is -0.185. The molecule has 0 aliphatic heterocycles. The first-order valence-corrected chi connectivity index (χ1v) is 14.9. The second kappa shape index (κ2) is 8.17. The fraction of sp³-hybridized carbons (Fsp3) is 0.875. The molecule has 0 aromatic carbocycles. The van der Waals surface area contributed by atoms with Crippen LogP contribution in [0.3, 0.4) is 0 Å². The van der Waals surface area contributed by atoms with Crippen LogP contribution in [0.2, 0.25) is 0 Å². The number of nitrogens with one attached hydrogen (secondary N) is 1. The molecular formula is C32H51NO3. The monoisotopic (exact) mass is 497 g/mol. The molecule has 5 aliphatic carbocycles. The Morgan fingerprint density at radius 3 is 2.36 bits per heavy atom. The van der Waals surface area contributed by atoms with E-state index in [-0.39, 0.29) is 39.4 Å². The van der Waals surface area contributed by atoms with Gasteiger partial charge in [0.2, 0.25) is 5.91 Å². The lowest BCUT2D eigenvalue weighted by Gasteiger charge is -2.70. The van der Waals surface area contributed by atoms with E-state index in [0.29, 0.717) is 23.7 Å². The molecule has 4 saturated carbocycles. The van der Waals surface area contributed by atoms with Gasteiger partial charge in [0.1, 0.15) is 0 Å². The molecule has 1 N–H and O–H groups in total. The topological polar surface area (TPSA) is 55.4 Å². The Hall–Kier alpha value is -1.16. The van der Waals surface area contributed by atoms with Gasteiger partial charge in [-0.05, 0) is 110 Å². The molecular weight excluding hydrogens is 446 g/mol. The first-order chi connectivity index (χ1) is 16.7. The minimum absolute atomic E-state index is 0.00274. The molecule has 4 fully saturated rings. The van der Waals surface area contributed by atoms with Crippen molar-refractivity contribution < 1.29 is 14.4 Å². The van der Waals surface area contributed by atoms with Crippen molar-refractivity contribution in [3.05, 3.63) is 11.6 Å². The molecule has 4 nitrogen and oxygen atoms in total. The number of amides is 1. The van der Waals surface area contributed by atoms with E-state index in [4.69, 9.17) is 4.84 Å². The summed E-state index contributed by atoms with van der Waals surface area (Å²) in [6.07, 6.45) is 13.3. The van der Waals surface area contributed by atoms with Gasteiger partial charge in [0.05, 0.1) is 6.61 Å². The minimum Gasteiger partial charge on any atom is -0.295 e. The third-order valence-electron chi connectivity index (χ3n) is 13.2. The SMILES string of the molecule is CCONC(=O)C1(C)CC[C@]2(C)CC[C@]3(C)C(=CC(=O)[C@@H]4[C@@]5(C)CCCC(C)(C)C5CC[C@]43C)[C@H]2C1. The minimum atomic E-state index is -0.462. The van der Waals surface area contributed by atoms with Gasteiger partial charge in [-0.25, -0.2) is 5.48 Å². The highest BCUT2D eigenvalue weighted by molar-refractivity contribution is 5.95. The van der Waals surface area contributed by atoms with E-state index in [9.17, 15) is 9.59 Å². The van der Waals surface area contributed by atoms with Gasteiger partial charge in [0.15, 0.2) is 5.78 Å². The average Bonchev–Trinajstić information content (AvgIpc) is 2.79. The van der Waals surface area contributed by atoms with Gasteiger partial charge >= 0.3 is 0 Å². The summed E-state index contributed by atoms with van der Waals surface area (Å²) < 4.78 is 0. The van der Waals surface area contributed by atoms with Crippen LogP contribution in [0, 0.1) is 50.2 Å². The maximum Gasteiger partial charge on any atom is 0.249 e. The second-order valence-electron chi connectivity index (χ2n) is 15.5. The lowest BCUT2D eigenvalue weighted by atomic mass is 9.33. The van der Waals surface area contributed by atoms with E-state index in [1.54, 1.807) is 0 Å². The molecule has 0 aromatic rings. The van der Waals surface area contributed by atoms with Crippen molar-refractivity contribution in [2.75, 3.05) is 6.61 Å². The van der Waals surface area contributed by atoms with Crippen molar-refractivity contribution >= 4 is 11.7 Å². The molecule has 5 aliphatic rings. The van der Waals surface area contributed by atoms with E-state index in [2.05, 4.69) is 60.0 Å². The maximum atomic E-state index is 14.3. The molecule has 0 bridgehead atoms. The van der Waals surface area contributed by atoms with Crippen LogP contribution in [0.4, 0.5) is 0 Å². The molecule has 36 heavy (non-hydrogen) atoms. The van der Waals surface area contributed by atoms with Crippen LogP contribution in [-0.2, 0) is 14.4 Å². The first kappa shape index (κ1) is 26.4. The van der Waals surface area contributed by atoms with Gasteiger partial charge < -0.3 is 0 Å². The Kier molecular flexibility index (Phi) is 6.00. The van der Waals surface area contributed by atoms with E-state index < -0.39 is 5.41 Å². The van der Waals surface area contributed by atoms with E-state index in [1.807, 2.05) is 6.92 Å². The van der Waals surface area contributed by atoms with Crippen LogP contribution < -0.4 is 5.48 Å². The summed E-state index contributed by atoms with van der Waals surface area (Å²) in [6, 6.07) is 0. The number of ketones is 1. The van der Waals surface area contributed by atoms with E-state index >= 15 is 0 Å². The van der Waals surface area contributed by atoms with E-state index in [1.165, 1.54) is 37.7 Å². The zero-order valence-corrected chi connectivity index (χ0v) is 24.3. The van der Waals surface area contributed by atoms with Crippen molar-refractivity contribution in [3.8, 4) is 0 Å². The number of hydrogen-bond acceptors (Lipinski definition) is 3. The molecule has 0 saturated heterocycles. The third-order valence-corrected chi connectivity index (χ3v) is 13.2. The molecule has 8 atom stereocenters. The molecule has 0 spiro atoms. The summed E-state index contributed by atoms with van der Waals surface area (Å²) in [7, 11) is 0. The van der Waals surface area contributed by atoms with Gasteiger partial charge in [-0.2, -0.15) is 0 Å². The second-order valence-corrected chi connectivity index (χ2v) is 15.5. The van der Waals surface area contributed by atoms with Gasteiger partial charge in [-0.3, -0.25) is 14.4 Å². The number of hydroxylamine groups is 1. The van der Waals surface area contributed by atoms with Crippen LogP contribution in [0.1, 0.15) is 120 Å². The predicted molar refractivity (Wildman–Crippen MR) is 144 cm³/mol. The number of carbonyl (C=O) groups is 2. The maximum absolute atomic E-state index is 14.3. The Morgan fingerprint density at radius 2 is 1.67 bits per heavy atom. The van der Waals surface area contributed by atoms with Gasteiger partial charge in [-0.15, -0.1) is 0 Å². The first-order valence-electron chi connectivity index (χ1n) is 14.9. The molecule has 0 aromatic heterocycles. The predicted octanol–water partition coefficient (Wildman–Crippen LogP) is 7.42. The molecule has 4 heteroatoms. The Labute approximate surface area is 219 Å². The fourth-order valence-corrected chi connectivity index (χ4v) is 10.7. The van der Waals surface area contributed by atoms with Crippen LogP contribution in [0.15, 0.2) is 11.6 Å². The fourth-order valence-electron chi connectivity index (χ4n) is 10.7. The standard InChI is InChI=1S/C32H51NO3/c1-9-36-33-26(35)29(5)16-15-28(4)17-18-31(7)21(22(28)20-29)19-23(34)25-30(6)13-10-12-27(2,3)24(30)11-14-32(25,31)8/h19,22,24-25H,9-18,20H2,1-8H3,(H,33,35)/t22-,24?,25-,28-,29?,30+,31-,32-/m1/s1. The van der Waals surface area contributed by atoms with Crippen LogP contribution >= 0.6 is 0 Å². The van der Waals surface area contributed by atoms with Gasteiger partial charge in [0.25, 0.3) is 0 Å². The summed E-state index contributed by atoms with van der Waals surface area (Å²) in [5, 5.41) is 0. The number of carbonyl (C=O) groups excluding carboxylic acids is 2. The number of allylic oxidation sites excluding steroid dienone is 2. The average molecular weight is 498 g/mol. The molecule has 0 heterocycles. The Morgan fingerprint density at radius 1 is 0.972 bits per heavy atom. The molecule has 1 amide bonds. The largest absolute Gasteiger partial charge is 0.295 e. The molecule has 202 valence electrons. The van der Waals surface area contributed by atoms with Crippen LogP contribution in [-0.4, -0.2) is 18.3 Å². The van der Waals surface area contributed by atoms with Crippen LogP contribution in [0.25, 0.3) is 0 Å². The Balaban J connectivity index is 1.56. The quantitative estimate of drug-likeness (QED) is 0.413. The molecule has 0 radical (unpaired) electrons. The lowest BCUT2D eigenvalue weighted by Crippen LogP contribution is -2.65. The summed E-state index contributed by atoms with van der Waals surface area (Å²) in [5.74, 6) is 1.40. The Bertz CT molecular complexity index is 984. The molecule has 5 rings (SSSR count). The van der Waals surface area contributed by atoms with Crippen molar-refractivity contribution in [1.82, 2.24) is 5.48 Å². The van der Waals surface area contributed by atoms with Gasteiger partial charge in [-0.1, -0.05) is 60.5 Å². The van der Waals surface area contributed by atoms with Crippen molar-refractivity contribution in [3.63, 3.8) is 0 Å². The zero-order valence-electron chi connectivity index (χ0n) is 24.3. The van der Waals surface area contributed by atoms with Crippen LogP contribution in [0.5, 0.6) is 0 Å². The van der Waals surface area contributed by atoms with Gasteiger partial charge in [0, 0.05) is 11.3 Å². The molecule has 2 unspecified atom stereocenters. The summed E-state index contributed by atoms with van der Waals surface area (Å²) in [5.41, 5.74) is 4.18. The number of rotatable bonds is 3. The highest BCUT2D eigenvalue weighted by Gasteiger charge is 2.69. The number of fused-ring (bicyclic) bond motifs is 7. The third kappa shape index (κ3) is 3.41. The summed E-state index contributed by atoms with van der Waals surface area (Å²) in [6.45, 7) is 19.3. The van der Waals surface area contributed by atoms with Crippen molar-refractivity contribution in [2.45, 2.75) is 120 Å². The highest BCUT2D eigenvalue weighted by Crippen LogP contribution is 2.75. The number of hydrogen-bond donors (Lipinski definition) is 1.